The summed E-state index contributed by atoms with van der Waals surface area (Å²) < 4.78 is 11.6. The van der Waals surface area contributed by atoms with Gasteiger partial charge in [0.15, 0.2) is 11.5 Å². The number of rotatable bonds is 2. The van der Waals surface area contributed by atoms with Gasteiger partial charge in [-0.3, -0.25) is 14.9 Å². The van der Waals surface area contributed by atoms with Crippen molar-refractivity contribution >= 4 is 11.6 Å². The lowest BCUT2D eigenvalue weighted by molar-refractivity contribution is -0.384. The maximum absolute atomic E-state index is 13.3. The number of hydrogen-bond acceptors (Lipinski definition) is 5. The van der Waals surface area contributed by atoms with Gasteiger partial charge in [0, 0.05) is 36.2 Å². The second-order valence-corrected chi connectivity index (χ2v) is 8.11. The van der Waals surface area contributed by atoms with Crippen LogP contribution in [0.4, 0.5) is 5.69 Å². The molecule has 2 aliphatic heterocycles. The van der Waals surface area contributed by atoms with Crippen LogP contribution < -0.4 is 9.47 Å². The van der Waals surface area contributed by atoms with Crippen molar-refractivity contribution in [1.29, 1.82) is 0 Å². The van der Waals surface area contributed by atoms with Gasteiger partial charge in [-0.25, -0.2) is 0 Å². The summed E-state index contributed by atoms with van der Waals surface area (Å²) >= 11 is 0. The normalized spacial score (nSPS) is 19.1. The van der Waals surface area contributed by atoms with Crippen LogP contribution in [0.5, 0.6) is 11.5 Å². The molecule has 0 saturated heterocycles. The lowest BCUT2D eigenvalue weighted by atomic mass is 9.73. The minimum absolute atomic E-state index is 0.0662. The van der Waals surface area contributed by atoms with Crippen molar-refractivity contribution in [3.63, 3.8) is 0 Å². The SMILES string of the molecule is O=C(c1cccc([N+](=O)[O-])c1)N1Cc2cc3c(cc2C2(CCCC2)C1)OCCO3. The van der Waals surface area contributed by atoms with E-state index in [2.05, 4.69) is 6.07 Å². The van der Waals surface area contributed by atoms with Crippen LogP contribution in [-0.4, -0.2) is 35.5 Å². The predicted octanol–water partition coefficient (Wildman–Crippen LogP) is 3.83. The number of non-ortho nitro benzene ring substituents is 1. The van der Waals surface area contributed by atoms with E-state index in [9.17, 15) is 14.9 Å². The molecule has 1 aliphatic carbocycles. The number of benzene rings is 2. The summed E-state index contributed by atoms with van der Waals surface area (Å²) in [6.45, 7) is 2.17. The standard InChI is InChI=1S/C22H22N2O5/c25-21(15-4-3-5-17(10-15)24(26)27)23-13-16-11-19-20(29-9-8-28-19)12-18(16)22(14-23)6-1-2-7-22/h3-5,10-12H,1-2,6-9,13-14H2. The fraction of sp³-hybridized carbons (Fsp3) is 0.409. The van der Waals surface area contributed by atoms with Crippen LogP contribution in [0.1, 0.15) is 47.2 Å². The second kappa shape index (κ2) is 6.76. The highest BCUT2D eigenvalue weighted by Crippen LogP contribution is 2.49. The first-order valence-electron chi connectivity index (χ1n) is 10.0. The molecule has 1 fully saturated rings. The maximum atomic E-state index is 13.3. The van der Waals surface area contributed by atoms with Crippen LogP contribution in [0.25, 0.3) is 0 Å². The van der Waals surface area contributed by atoms with Crippen molar-refractivity contribution in [1.82, 2.24) is 4.90 Å². The maximum Gasteiger partial charge on any atom is 0.270 e. The molecule has 1 amide bonds. The molecule has 0 N–H and O–H groups in total. The number of nitrogens with zero attached hydrogens (tertiary/aromatic N) is 2. The number of nitro groups is 1. The van der Waals surface area contributed by atoms with Crippen LogP contribution >= 0.6 is 0 Å². The first-order valence-corrected chi connectivity index (χ1v) is 10.0. The molecular weight excluding hydrogens is 372 g/mol. The Morgan fingerprint density at radius 2 is 1.79 bits per heavy atom. The monoisotopic (exact) mass is 394 g/mol. The van der Waals surface area contributed by atoms with Crippen molar-refractivity contribution in [2.45, 2.75) is 37.6 Å². The Morgan fingerprint density at radius 3 is 2.52 bits per heavy atom. The molecule has 0 bridgehead atoms. The quantitative estimate of drug-likeness (QED) is 0.571. The van der Waals surface area contributed by atoms with Gasteiger partial charge in [0.05, 0.1) is 4.92 Å². The lowest BCUT2D eigenvalue weighted by Gasteiger charge is -2.43. The zero-order valence-electron chi connectivity index (χ0n) is 16.1. The number of carbonyl (C=O) groups is 1. The van der Waals surface area contributed by atoms with Crippen LogP contribution in [0.15, 0.2) is 36.4 Å². The van der Waals surface area contributed by atoms with Gasteiger partial charge in [-0.1, -0.05) is 18.9 Å². The van der Waals surface area contributed by atoms with Crippen LogP contribution in [0.2, 0.25) is 0 Å². The Balaban J connectivity index is 1.53. The first-order chi connectivity index (χ1) is 14.1. The molecule has 0 aromatic heterocycles. The van der Waals surface area contributed by atoms with E-state index >= 15 is 0 Å². The van der Waals surface area contributed by atoms with Gasteiger partial charge < -0.3 is 14.4 Å². The minimum atomic E-state index is -0.468. The number of nitro benzene ring substituents is 1. The van der Waals surface area contributed by atoms with E-state index in [1.165, 1.54) is 17.7 Å². The Labute approximate surface area is 168 Å². The molecule has 29 heavy (non-hydrogen) atoms. The summed E-state index contributed by atoms with van der Waals surface area (Å²) in [6, 6.07) is 10.1. The van der Waals surface area contributed by atoms with Gasteiger partial charge in [0.1, 0.15) is 13.2 Å². The molecule has 5 rings (SSSR count). The summed E-state index contributed by atoms with van der Waals surface area (Å²) in [7, 11) is 0. The molecule has 0 radical (unpaired) electrons. The largest absolute Gasteiger partial charge is 0.486 e. The Kier molecular flexibility index (Phi) is 4.19. The van der Waals surface area contributed by atoms with E-state index in [0.29, 0.717) is 31.9 Å². The van der Waals surface area contributed by atoms with Crippen molar-refractivity contribution in [3.05, 3.63) is 63.2 Å². The molecule has 0 unspecified atom stereocenters. The number of carbonyl (C=O) groups excluding carboxylic acids is 1. The molecule has 150 valence electrons. The molecule has 2 aromatic carbocycles. The van der Waals surface area contributed by atoms with Crippen molar-refractivity contribution in [2.24, 2.45) is 0 Å². The van der Waals surface area contributed by atoms with Gasteiger partial charge in [0.2, 0.25) is 0 Å². The van der Waals surface area contributed by atoms with E-state index < -0.39 is 4.92 Å². The van der Waals surface area contributed by atoms with E-state index in [-0.39, 0.29) is 17.0 Å². The molecule has 7 heteroatoms. The van der Waals surface area contributed by atoms with Crippen LogP contribution in [-0.2, 0) is 12.0 Å². The highest BCUT2D eigenvalue weighted by atomic mass is 16.6. The Hall–Kier alpha value is -3.09. The van der Waals surface area contributed by atoms with Crippen molar-refractivity contribution in [3.8, 4) is 11.5 Å². The second-order valence-electron chi connectivity index (χ2n) is 8.11. The number of amides is 1. The van der Waals surface area contributed by atoms with Crippen molar-refractivity contribution < 1.29 is 19.2 Å². The average molecular weight is 394 g/mol. The molecule has 1 spiro atoms. The Morgan fingerprint density at radius 1 is 1.07 bits per heavy atom. The van der Waals surface area contributed by atoms with E-state index in [0.717, 1.165) is 42.7 Å². The topological polar surface area (TPSA) is 81.9 Å². The molecule has 2 aromatic rings. The molecule has 0 atom stereocenters. The third-order valence-electron chi connectivity index (χ3n) is 6.35. The van der Waals surface area contributed by atoms with Crippen LogP contribution in [0, 0.1) is 10.1 Å². The number of hydrogen-bond donors (Lipinski definition) is 0. The Bertz CT molecular complexity index is 997. The third-order valence-corrected chi connectivity index (χ3v) is 6.35. The van der Waals surface area contributed by atoms with Gasteiger partial charge in [0.25, 0.3) is 11.6 Å². The molecule has 1 saturated carbocycles. The number of fused-ring (bicyclic) bond motifs is 3. The average Bonchev–Trinajstić information content (AvgIpc) is 3.21. The summed E-state index contributed by atoms with van der Waals surface area (Å²) in [6.07, 6.45) is 4.32. The molecule has 2 heterocycles. The van der Waals surface area contributed by atoms with Gasteiger partial charge in [-0.05, 0) is 42.2 Å². The summed E-state index contributed by atoms with van der Waals surface area (Å²) in [5, 5.41) is 11.1. The highest BCUT2D eigenvalue weighted by molar-refractivity contribution is 5.95. The molecular formula is C22H22N2O5. The van der Waals surface area contributed by atoms with Gasteiger partial charge >= 0.3 is 0 Å². The zero-order valence-corrected chi connectivity index (χ0v) is 16.1. The molecule has 3 aliphatic rings. The lowest BCUT2D eigenvalue weighted by Crippen LogP contribution is -2.46. The number of ether oxygens (including phenoxy) is 2. The van der Waals surface area contributed by atoms with E-state index in [1.54, 1.807) is 12.1 Å². The van der Waals surface area contributed by atoms with E-state index in [4.69, 9.17) is 9.47 Å². The molecule has 7 nitrogen and oxygen atoms in total. The van der Waals surface area contributed by atoms with Crippen LogP contribution in [0.3, 0.4) is 0 Å². The fourth-order valence-corrected chi connectivity index (χ4v) is 5.03. The zero-order chi connectivity index (χ0) is 20.0. The van der Waals surface area contributed by atoms with Gasteiger partial charge in [-0.15, -0.1) is 0 Å². The first kappa shape index (κ1) is 18.0. The van der Waals surface area contributed by atoms with Gasteiger partial charge in [-0.2, -0.15) is 0 Å². The van der Waals surface area contributed by atoms with E-state index in [1.807, 2.05) is 11.0 Å². The fourth-order valence-electron chi connectivity index (χ4n) is 5.03. The highest BCUT2D eigenvalue weighted by Gasteiger charge is 2.44. The minimum Gasteiger partial charge on any atom is -0.486 e. The van der Waals surface area contributed by atoms with Crippen molar-refractivity contribution in [2.75, 3.05) is 19.8 Å². The smallest absolute Gasteiger partial charge is 0.270 e. The predicted molar refractivity (Wildman–Crippen MR) is 105 cm³/mol. The summed E-state index contributed by atoms with van der Waals surface area (Å²) in [4.78, 5) is 25.7. The summed E-state index contributed by atoms with van der Waals surface area (Å²) in [5.74, 6) is 1.35. The third kappa shape index (κ3) is 3.01. The summed E-state index contributed by atoms with van der Waals surface area (Å²) in [5.41, 5.74) is 2.56.